The van der Waals surface area contributed by atoms with Crippen molar-refractivity contribution >= 4 is 18.4 Å². The summed E-state index contributed by atoms with van der Waals surface area (Å²) in [6.07, 6.45) is 4.65. The van der Waals surface area contributed by atoms with Crippen LogP contribution in [0.4, 0.5) is 0 Å². The minimum atomic E-state index is -1.43. The summed E-state index contributed by atoms with van der Waals surface area (Å²) >= 11 is -1.43. The molecule has 0 radical (unpaired) electrons. The number of hydrogen-bond donors (Lipinski definition) is 0. The quantitative estimate of drug-likeness (QED) is 0.620. The molecule has 1 heteroatoms. The molecular formula is C9H20Sn. The fourth-order valence-electron chi connectivity index (χ4n) is 1.94. The molecule has 1 aliphatic rings. The summed E-state index contributed by atoms with van der Waals surface area (Å²) in [5.74, 6) is 0. The van der Waals surface area contributed by atoms with Crippen molar-refractivity contribution in [2.24, 2.45) is 0 Å². The van der Waals surface area contributed by atoms with Crippen molar-refractivity contribution in [3.63, 3.8) is 0 Å². The van der Waals surface area contributed by atoms with Gasteiger partial charge < -0.3 is 0 Å². The molecule has 0 aromatic carbocycles. The van der Waals surface area contributed by atoms with Crippen LogP contribution in [0.1, 0.15) is 33.1 Å². The molecule has 0 aliphatic carbocycles. The average molecular weight is 247 g/mol. The van der Waals surface area contributed by atoms with Gasteiger partial charge in [0.15, 0.2) is 0 Å². The van der Waals surface area contributed by atoms with Crippen LogP contribution in [0.5, 0.6) is 0 Å². The van der Waals surface area contributed by atoms with E-state index in [9.17, 15) is 0 Å². The van der Waals surface area contributed by atoms with Gasteiger partial charge in [0, 0.05) is 0 Å². The van der Waals surface area contributed by atoms with Crippen molar-refractivity contribution in [3.05, 3.63) is 0 Å². The van der Waals surface area contributed by atoms with E-state index in [-0.39, 0.29) is 0 Å². The predicted octanol–water partition coefficient (Wildman–Crippen LogP) is 3.66. The molecule has 0 aromatic rings. The second-order valence-corrected chi connectivity index (χ2v) is 20.0. The number of hydrogen-bond acceptors (Lipinski definition) is 0. The van der Waals surface area contributed by atoms with Gasteiger partial charge >= 0.3 is 69.2 Å². The Labute approximate surface area is 69.3 Å². The molecule has 0 bridgehead atoms. The van der Waals surface area contributed by atoms with E-state index in [0.717, 1.165) is 3.93 Å². The molecule has 0 spiro atoms. The van der Waals surface area contributed by atoms with Crippen molar-refractivity contribution in [2.75, 3.05) is 0 Å². The molecular weight excluding hydrogens is 227 g/mol. The van der Waals surface area contributed by atoms with E-state index >= 15 is 0 Å². The summed E-state index contributed by atoms with van der Waals surface area (Å²) in [6.45, 7) is 4.92. The van der Waals surface area contributed by atoms with E-state index in [1.165, 1.54) is 6.42 Å². The van der Waals surface area contributed by atoms with Gasteiger partial charge in [0.2, 0.25) is 0 Å². The summed E-state index contributed by atoms with van der Waals surface area (Å²) in [6, 6.07) is 0. The van der Waals surface area contributed by atoms with Crippen molar-refractivity contribution in [3.8, 4) is 0 Å². The molecule has 1 saturated heterocycles. The Hall–Kier alpha value is 0.799. The molecule has 1 rings (SSSR count). The van der Waals surface area contributed by atoms with E-state index in [0.29, 0.717) is 0 Å². The topological polar surface area (TPSA) is 0 Å². The van der Waals surface area contributed by atoms with Crippen LogP contribution in [-0.4, -0.2) is 18.4 Å². The SMILES string of the molecule is C[CH](C)[Sn]1([CH3])[CH2]CCC[CH2]1. The van der Waals surface area contributed by atoms with Gasteiger partial charge in [0.25, 0.3) is 0 Å². The molecule has 10 heavy (non-hydrogen) atoms. The first-order valence-electron chi connectivity index (χ1n) is 4.65. The molecule has 1 heterocycles. The Morgan fingerprint density at radius 1 is 1.00 bits per heavy atom. The number of rotatable bonds is 1. The monoisotopic (exact) mass is 248 g/mol. The van der Waals surface area contributed by atoms with Crippen LogP contribution in [0.2, 0.25) is 17.7 Å². The Morgan fingerprint density at radius 3 is 1.80 bits per heavy atom. The second-order valence-electron chi connectivity index (χ2n) is 4.37. The van der Waals surface area contributed by atoms with E-state index in [1.54, 1.807) is 21.7 Å². The third kappa shape index (κ3) is 1.90. The third-order valence-electron chi connectivity index (χ3n) is 3.39. The first kappa shape index (κ1) is 8.89. The van der Waals surface area contributed by atoms with E-state index in [4.69, 9.17) is 0 Å². The first-order valence-corrected chi connectivity index (χ1v) is 13.2. The van der Waals surface area contributed by atoms with Gasteiger partial charge in [-0.15, -0.1) is 0 Å². The molecule has 1 fully saturated rings. The summed E-state index contributed by atoms with van der Waals surface area (Å²) < 4.78 is 4.44. The molecule has 0 saturated carbocycles. The van der Waals surface area contributed by atoms with Gasteiger partial charge in [-0.25, -0.2) is 0 Å². The van der Waals surface area contributed by atoms with Crippen molar-refractivity contribution in [1.82, 2.24) is 0 Å². The summed E-state index contributed by atoms with van der Waals surface area (Å²) in [4.78, 5) is 2.67. The van der Waals surface area contributed by atoms with E-state index in [1.807, 2.05) is 0 Å². The van der Waals surface area contributed by atoms with Crippen LogP contribution >= 0.6 is 0 Å². The van der Waals surface area contributed by atoms with Crippen molar-refractivity contribution < 1.29 is 0 Å². The Morgan fingerprint density at radius 2 is 1.50 bits per heavy atom. The Kier molecular flexibility index (Phi) is 3.08. The average Bonchev–Trinajstić information content (AvgIpc) is 1.89. The summed E-state index contributed by atoms with van der Waals surface area (Å²) in [7, 11) is 0. The van der Waals surface area contributed by atoms with Gasteiger partial charge in [-0.05, 0) is 0 Å². The molecule has 0 nitrogen and oxygen atoms in total. The maximum absolute atomic E-state index is 2.67. The third-order valence-corrected chi connectivity index (χ3v) is 19.9. The zero-order valence-electron chi connectivity index (χ0n) is 7.61. The van der Waals surface area contributed by atoms with Gasteiger partial charge in [0.1, 0.15) is 0 Å². The molecule has 1 aliphatic heterocycles. The minimum absolute atomic E-state index is 1.09. The molecule has 60 valence electrons. The van der Waals surface area contributed by atoms with Gasteiger partial charge in [-0.3, -0.25) is 0 Å². The molecule has 0 amide bonds. The fraction of sp³-hybridized carbons (Fsp3) is 1.00. The van der Waals surface area contributed by atoms with E-state index < -0.39 is 18.4 Å². The van der Waals surface area contributed by atoms with Crippen LogP contribution < -0.4 is 0 Å². The Balaban J connectivity index is 2.48. The normalized spacial score (nSPS) is 25.2. The van der Waals surface area contributed by atoms with Crippen LogP contribution in [0.15, 0.2) is 0 Å². The van der Waals surface area contributed by atoms with Crippen LogP contribution in [0, 0.1) is 0 Å². The maximum atomic E-state index is 2.67. The summed E-state index contributed by atoms with van der Waals surface area (Å²) in [5.41, 5.74) is 0. The standard InChI is InChI=1S/C5H10.C3H7.CH3.Sn/c1-3-5-4-2;1-3-2;;/h1-5H2;3H,1-2H3;1H3;. The van der Waals surface area contributed by atoms with Crippen molar-refractivity contribution in [1.29, 1.82) is 0 Å². The first-order chi connectivity index (χ1) is 4.65. The predicted molar refractivity (Wildman–Crippen MR) is 50.2 cm³/mol. The summed E-state index contributed by atoms with van der Waals surface area (Å²) in [5, 5.41) is 0. The van der Waals surface area contributed by atoms with Gasteiger partial charge in [-0.1, -0.05) is 0 Å². The molecule has 0 aromatic heterocycles. The van der Waals surface area contributed by atoms with Gasteiger partial charge in [-0.2, -0.15) is 0 Å². The second kappa shape index (κ2) is 3.46. The zero-order chi connectivity index (χ0) is 7.61. The van der Waals surface area contributed by atoms with E-state index in [2.05, 4.69) is 18.8 Å². The van der Waals surface area contributed by atoms with Crippen LogP contribution in [-0.2, 0) is 0 Å². The molecule has 0 unspecified atom stereocenters. The van der Waals surface area contributed by atoms with Crippen LogP contribution in [0.3, 0.4) is 0 Å². The molecule has 0 N–H and O–H groups in total. The zero-order valence-corrected chi connectivity index (χ0v) is 10.5. The van der Waals surface area contributed by atoms with Gasteiger partial charge in [0.05, 0.1) is 0 Å². The molecule has 0 atom stereocenters. The Bertz CT molecular complexity index is 101. The van der Waals surface area contributed by atoms with Crippen LogP contribution in [0.25, 0.3) is 0 Å². The van der Waals surface area contributed by atoms with Crippen molar-refractivity contribution in [2.45, 2.75) is 50.9 Å². The fourth-order valence-corrected chi connectivity index (χ4v) is 12.0.